The van der Waals surface area contributed by atoms with Crippen LogP contribution in [0.5, 0.6) is 0 Å². The highest BCUT2D eigenvalue weighted by atomic mass is 32.1. The molecule has 0 radical (unpaired) electrons. The number of carboxylic acids is 2. The van der Waals surface area contributed by atoms with E-state index in [4.69, 9.17) is 0 Å². The minimum Gasteiger partial charge on any atom is -0.481 e. The molecule has 0 aliphatic heterocycles. The molecule has 3 aromatic rings. The van der Waals surface area contributed by atoms with Crippen LogP contribution in [0.2, 0.25) is 0 Å². The average molecular weight is 409 g/mol. The van der Waals surface area contributed by atoms with Crippen molar-refractivity contribution in [2.45, 2.75) is 24.2 Å². The summed E-state index contributed by atoms with van der Waals surface area (Å²) in [5, 5.41) is 19.9. The third-order valence-electron chi connectivity index (χ3n) is 5.17. The monoisotopic (exact) mass is 408 g/mol. The van der Waals surface area contributed by atoms with E-state index in [0.29, 0.717) is 11.1 Å². The maximum atomic E-state index is 12.9. The van der Waals surface area contributed by atoms with Crippen molar-refractivity contribution in [1.82, 2.24) is 0 Å². The molecule has 0 heterocycles. The summed E-state index contributed by atoms with van der Waals surface area (Å²) in [6.07, 6.45) is 0.0870. The maximum absolute atomic E-state index is 12.9. The van der Waals surface area contributed by atoms with E-state index in [-0.39, 0.29) is 26.3 Å². The SMILES string of the molecule is O=C(O)CCC(c1ccccc1)C(C(=O)O)(c1ccccc1)c1ccccc1.S. The fourth-order valence-electron chi connectivity index (χ4n) is 3.95. The lowest BCUT2D eigenvalue weighted by molar-refractivity contribution is -0.144. The van der Waals surface area contributed by atoms with E-state index in [1.807, 2.05) is 66.7 Å². The zero-order valence-electron chi connectivity index (χ0n) is 15.9. The van der Waals surface area contributed by atoms with E-state index >= 15 is 0 Å². The van der Waals surface area contributed by atoms with Gasteiger partial charge in [-0.05, 0) is 23.1 Å². The molecule has 0 saturated heterocycles. The summed E-state index contributed by atoms with van der Waals surface area (Å²) in [7, 11) is 0. The van der Waals surface area contributed by atoms with Crippen LogP contribution in [0.1, 0.15) is 35.4 Å². The second-order valence-corrected chi connectivity index (χ2v) is 6.74. The Balaban J connectivity index is 0.00000300. The Kier molecular flexibility index (Phi) is 7.62. The summed E-state index contributed by atoms with van der Waals surface area (Å²) >= 11 is 0. The molecule has 0 spiro atoms. The molecule has 0 saturated carbocycles. The Labute approximate surface area is 177 Å². The Morgan fingerprint density at radius 1 is 0.724 bits per heavy atom. The normalized spacial score (nSPS) is 11.9. The van der Waals surface area contributed by atoms with Crippen LogP contribution < -0.4 is 0 Å². The number of carboxylic acid groups (broad SMARTS) is 2. The van der Waals surface area contributed by atoms with Crippen LogP contribution in [0.3, 0.4) is 0 Å². The zero-order chi connectivity index (χ0) is 20.0. The zero-order valence-corrected chi connectivity index (χ0v) is 16.9. The van der Waals surface area contributed by atoms with E-state index < -0.39 is 23.3 Å². The summed E-state index contributed by atoms with van der Waals surface area (Å²) < 4.78 is 0. The Hall–Kier alpha value is -3.05. The molecule has 0 fully saturated rings. The molecule has 5 heteroatoms. The second kappa shape index (κ2) is 9.94. The van der Waals surface area contributed by atoms with Crippen molar-refractivity contribution in [2.24, 2.45) is 0 Å². The highest BCUT2D eigenvalue weighted by Gasteiger charge is 2.49. The number of benzene rings is 3. The van der Waals surface area contributed by atoms with E-state index in [1.165, 1.54) is 0 Å². The molecule has 1 atom stereocenters. The molecular formula is C24H24O4S. The third-order valence-corrected chi connectivity index (χ3v) is 5.17. The lowest BCUT2D eigenvalue weighted by Crippen LogP contribution is -2.43. The molecule has 0 amide bonds. The first-order chi connectivity index (χ1) is 13.6. The summed E-state index contributed by atoms with van der Waals surface area (Å²) in [5.41, 5.74) is 0.666. The summed E-state index contributed by atoms with van der Waals surface area (Å²) in [4.78, 5) is 24.3. The third kappa shape index (κ3) is 4.51. The molecule has 2 N–H and O–H groups in total. The van der Waals surface area contributed by atoms with Gasteiger partial charge in [-0.25, -0.2) is 0 Å². The lowest BCUT2D eigenvalue weighted by atomic mass is 9.62. The van der Waals surface area contributed by atoms with Crippen LogP contribution in [0, 0.1) is 0 Å². The molecule has 0 aliphatic rings. The number of aliphatic carboxylic acids is 2. The molecule has 29 heavy (non-hydrogen) atoms. The van der Waals surface area contributed by atoms with Crippen molar-refractivity contribution in [2.75, 3.05) is 0 Å². The minimum absolute atomic E-state index is 0. The molecule has 0 aliphatic carbocycles. The molecular weight excluding hydrogens is 384 g/mol. The average Bonchev–Trinajstić information content (AvgIpc) is 2.72. The van der Waals surface area contributed by atoms with Crippen LogP contribution in [0.15, 0.2) is 91.0 Å². The van der Waals surface area contributed by atoms with Crippen molar-refractivity contribution in [3.8, 4) is 0 Å². The summed E-state index contributed by atoms with van der Waals surface area (Å²) in [6, 6.07) is 27.5. The Morgan fingerprint density at radius 2 is 1.14 bits per heavy atom. The minimum atomic E-state index is -1.40. The fourth-order valence-corrected chi connectivity index (χ4v) is 3.95. The summed E-state index contributed by atoms with van der Waals surface area (Å²) in [6.45, 7) is 0. The van der Waals surface area contributed by atoms with Crippen LogP contribution >= 0.6 is 13.5 Å². The van der Waals surface area contributed by atoms with Crippen molar-refractivity contribution < 1.29 is 19.8 Å². The summed E-state index contributed by atoms with van der Waals surface area (Å²) in [5.74, 6) is -2.49. The van der Waals surface area contributed by atoms with Gasteiger partial charge in [0.2, 0.25) is 0 Å². The molecule has 3 rings (SSSR count). The molecule has 0 bridgehead atoms. The quantitative estimate of drug-likeness (QED) is 0.560. The molecule has 3 aromatic carbocycles. The predicted octanol–water partition coefficient (Wildman–Crippen LogP) is 4.82. The van der Waals surface area contributed by atoms with Crippen LogP contribution in [0.25, 0.3) is 0 Å². The van der Waals surface area contributed by atoms with E-state index in [9.17, 15) is 19.8 Å². The molecule has 1 unspecified atom stereocenters. The van der Waals surface area contributed by atoms with E-state index in [2.05, 4.69) is 0 Å². The van der Waals surface area contributed by atoms with Crippen molar-refractivity contribution >= 4 is 25.4 Å². The van der Waals surface area contributed by atoms with E-state index in [1.54, 1.807) is 24.3 Å². The first kappa shape index (κ1) is 22.2. The fraction of sp³-hybridized carbons (Fsp3) is 0.167. The van der Waals surface area contributed by atoms with Gasteiger partial charge in [0, 0.05) is 12.3 Å². The van der Waals surface area contributed by atoms with Gasteiger partial charge in [0.25, 0.3) is 0 Å². The number of hydrogen-bond donors (Lipinski definition) is 2. The Morgan fingerprint density at radius 3 is 1.52 bits per heavy atom. The lowest BCUT2D eigenvalue weighted by Gasteiger charge is -2.38. The van der Waals surface area contributed by atoms with Gasteiger partial charge in [0.15, 0.2) is 0 Å². The Bertz CT molecular complexity index is 887. The van der Waals surface area contributed by atoms with Gasteiger partial charge in [-0.15, -0.1) is 0 Å². The van der Waals surface area contributed by atoms with Gasteiger partial charge in [0.1, 0.15) is 5.41 Å². The predicted molar refractivity (Wildman–Crippen MR) is 118 cm³/mol. The first-order valence-electron chi connectivity index (χ1n) is 9.18. The van der Waals surface area contributed by atoms with Gasteiger partial charge >= 0.3 is 11.9 Å². The van der Waals surface area contributed by atoms with Crippen LogP contribution in [0.4, 0.5) is 0 Å². The van der Waals surface area contributed by atoms with Crippen LogP contribution in [-0.2, 0) is 15.0 Å². The maximum Gasteiger partial charge on any atom is 0.319 e. The standard InChI is InChI=1S/C24H22O4.H2S/c25-22(26)17-16-21(18-10-4-1-5-11-18)24(23(27)28,19-12-6-2-7-13-19)20-14-8-3-9-15-20;/h1-15,21H,16-17H2,(H,25,26)(H,27,28);1H2. The first-order valence-corrected chi connectivity index (χ1v) is 9.18. The van der Waals surface area contributed by atoms with Gasteiger partial charge in [0.05, 0.1) is 0 Å². The molecule has 4 nitrogen and oxygen atoms in total. The van der Waals surface area contributed by atoms with Crippen molar-refractivity contribution in [1.29, 1.82) is 0 Å². The van der Waals surface area contributed by atoms with Gasteiger partial charge in [-0.3, -0.25) is 9.59 Å². The topological polar surface area (TPSA) is 74.6 Å². The van der Waals surface area contributed by atoms with E-state index in [0.717, 1.165) is 5.56 Å². The van der Waals surface area contributed by atoms with Crippen molar-refractivity contribution in [3.05, 3.63) is 108 Å². The van der Waals surface area contributed by atoms with Crippen molar-refractivity contribution in [3.63, 3.8) is 0 Å². The number of hydrogen-bond acceptors (Lipinski definition) is 2. The van der Waals surface area contributed by atoms with Gasteiger partial charge in [-0.1, -0.05) is 91.0 Å². The highest BCUT2D eigenvalue weighted by molar-refractivity contribution is 7.59. The van der Waals surface area contributed by atoms with Gasteiger partial charge < -0.3 is 10.2 Å². The highest BCUT2D eigenvalue weighted by Crippen LogP contribution is 2.47. The largest absolute Gasteiger partial charge is 0.481 e. The number of rotatable bonds is 8. The number of carbonyl (C=O) groups is 2. The second-order valence-electron chi connectivity index (χ2n) is 6.74. The smallest absolute Gasteiger partial charge is 0.319 e. The molecule has 0 aromatic heterocycles. The van der Waals surface area contributed by atoms with Gasteiger partial charge in [-0.2, -0.15) is 13.5 Å². The molecule has 150 valence electrons. The van der Waals surface area contributed by atoms with Crippen LogP contribution in [-0.4, -0.2) is 22.2 Å².